The van der Waals surface area contributed by atoms with Gasteiger partial charge >= 0.3 is 0 Å². The van der Waals surface area contributed by atoms with Gasteiger partial charge in [0.2, 0.25) is 0 Å². The van der Waals surface area contributed by atoms with Gasteiger partial charge in [0.05, 0.1) is 6.10 Å². The Morgan fingerprint density at radius 1 is 1.27 bits per heavy atom. The van der Waals surface area contributed by atoms with Crippen molar-refractivity contribution in [1.29, 1.82) is 0 Å². The molecule has 0 aliphatic heterocycles. The second kappa shape index (κ2) is 4.41. The first kappa shape index (κ1) is 8.62. The highest BCUT2D eigenvalue weighted by Gasteiger charge is 2.15. The molecule has 1 aliphatic rings. The van der Waals surface area contributed by atoms with Crippen LogP contribution in [0.2, 0.25) is 0 Å². The van der Waals surface area contributed by atoms with Gasteiger partial charge in [0, 0.05) is 6.42 Å². The van der Waals surface area contributed by atoms with Crippen molar-refractivity contribution < 1.29 is 5.11 Å². The van der Waals surface area contributed by atoms with Gasteiger partial charge < -0.3 is 5.11 Å². The van der Waals surface area contributed by atoms with Crippen LogP contribution in [0.3, 0.4) is 0 Å². The Labute approximate surface area is 68.8 Å². The van der Waals surface area contributed by atoms with Crippen molar-refractivity contribution >= 4 is 0 Å². The largest absolute Gasteiger partial charge is 0.393 e. The smallest absolute Gasteiger partial charge is 0.0540 e. The molecule has 1 heteroatoms. The van der Waals surface area contributed by atoms with Crippen molar-refractivity contribution in [3.05, 3.63) is 0 Å². The molecular formula is C10H16O. The minimum atomic E-state index is -0.0576. The lowest BCUT2D eigenvalue weighted by atomic mass is 9.97. The average molecular weight is 152 g/mol. The molecule has 0 radical (unpaired) electrons. The summed E-state index contributed by atoms with van der Waals surface area (Å²) in [5, 5.41) is 9.32. The van der Waals surface area contributed by atoms with E-state index in [0.29, 0.717) is 5.92 Å². The molecule has 1 saturated carbocycles. The van der Waals surface area contributed by atoms with Gasteiger partial charge in [-0.1, -0.05) is 6.42 Å². The van der Waals surface area contributed by atoms with Crippen LogP contribution < -0.4 is 0 Å². The third kappa shape index (κ3) is 2.95. The lowest BCUT2D eigenvalue weighted by Gasteiger charge is -2.08. The normalized spacial score (nSPS) is 32.4. The summed E-state index contributed by atoms with van der Waals surface area (Å²) in [6.45, 7) is 0. The SMILES string of the molecule is C#CCC1CCCC(O)CC1. The van der Waals surface area contributed by atoms with Gasteiger partial charge in [0.25, 0.3) is 0 Å². The second-order valence-corrected chi connectivity index (χ2v) is 3.44. The fourth-order valence-corrected chi connectivity index (χ4v) is 1.73. The van der Waals surface area contributed by atoms with Crippen LogP contribution in [0.25, 0.3) is 0 Å². The molecular weight excluding hydrogens is 136 g/mol. The van der Waals surface area contributed by atoms with Gasteiger partial charge in [0.1, 0.15) is 0 Å². The minimum absolute atomic E-state index is 0.0576. The summed E-state index contributed by atoms with van der Waals surface area (Å²) in [6.07, 6.45) is 11.5. The Morgan fingerprint density at radius 2 is 2.09 bits per heavy atom. The van der Waals surface area contributed by atoms with E-state index in [-0.39, 0.29) is 6.10 Å². The molecule has 1 aliphatic carbocycles. The van der Waals surface area contributed by atoms with E-state index in [4.69, 9.17) is 6.42 Å². The summed E-state index contributed by atoms with van der Waals surface area (Å²) < 4.78 is 0. The third-order valence-corrected chi connectivity index (χ3v) is 2.46. The molecule has 0 aromatic rings. The highest BCUT2D eigenvalue weighted by molar-refractivity contribution is 4.87. The van der Waals surface area contributed by atoms with Crippen LogP contribution in [-0.2, 0) is 0 Å². The molecule has 11 heavy (non-hydrogen) atoms. The Hall–Kier alpha value is -0.480. The molecule has 0 bridgehead atoms. The first-order valence-electron chi connectivity index (χ1n) is 4.44. The minimum Gasteiger partial charge on any atom is -0.393 e. The van der Waals surface area contributed by atoms with E-state index in [1.165, 1.54) is 6.42 Å². The molecule has 1 rings (SSSR count). The van der Waals surface area contributed by atoms with Gasteiger partial charge in [0.15, 0.2) is 0 Å². The van der Waals surface area contributed by atoms with E-state index in [0.717, 1.165) is 32.1 Å². The molecule has 0 aromatic carbocycles. The van der Waals surface area contributed by atoms with Gasteiger partial charge in [-0.05, 0) is 31.6 Å². The summed E-state index contributed by atoms with van der Waals surface area (Å²) in [4.78, 5) is 0. The number of aliphatic hydroxyl groups excluding tert-OH is 1. The summed E-state index contributed by atoms with van der Waals surface area (Å²) in [5.74, 6) is 3.38. The maximum atomic E-state index is 9.32. The maximum absolute atomic E-state index is 9.32. The van der Waals surface area contributed by atoms with E-state index in [1.807, 2.05) is 0 Å². The fraction of sp³-hybridized carbons (Fsp3) is 0.800. The third-order valence-electron chi connectivity index (χ3n) is 2.46. The van der Waals surface area contributed by atoms with Crippen molar-refractivity contribution in [2.24, 2.45) is 5.92 Å². The van der Waals surface area contributed by atoms with Gasteiger partial charge in [-0.25, -0.2) is 0 Å². The van der Waals surface area contributed by atoms with Crippen LogP contribution in [0, 0.1) is 18.3 Å². The number of aliphatic hydroxyl groups is 1. The molecule has 2 unspecified atom stereocenters. The average Bonchev–Trinajstić information content (AvgIpc) is 2.17. The van der Waals surface area contributed by atoms with E-state index < -0.39 is 0 Å². The molecule has 2 atom stereocenters. The number of hydrogen-bond donors (Lipinski definition) is 1. The summed E-state index contributed by atoms with van der Waals surface area (Å²) in [5.41, 5.74) is 0. The first-order chi connectivity index (χ1) is 5.33. The van der Waals surface area contributed by atoms with Crippen molar-refractivity contribution in [1.82, 2.24) is 0 Å². The van der Waals surface area contributed by atoms with E-state index >= 15 is 0 Å². The quantitative estimate of drug-likeness (QED) is 0.450. The predicted molar refractivity (Wildman–Crippen MR) is 46.0 cm³/mol. The number of hydrogen-bond acceptors (Lipinski definition) is 1. The molecule has 1 fully saturated rings. The summed E-state index contributed by atoms with van der Waals surface area (Å²) >= 11 is 0. The molecule has 1 nitrogen and oxygen atoms in total. The van der Waals surface area contributed by atoms with Crippen molar-refractivity contribution in [3.8, 4) is 12.3 Å². The van der Waals surface area contributed by atoms with Gasteiger partial charge in [-0.3, -0.25) is 0 Å². The zero-order valence-corrected chi connectivity index (χ0v) is 6.92. The van der Waals surface area contributed by atoms with Crippen LogP contribution in [0.4, 0.5) is 0 Å². The summed E-state index contributed by atoms with van der Waals surface area (Å²) in [6, 6.07) is 0. The Morgan fingerprint density at radius 3 is 2.82 bits per heavy atom. The standard InChI is InChI=1S/C10H16O/c1-2-4-9-5-3-6-10(11)8-7-9/h1,9-11H,3-8H2. The highest BCUT2D eigenvalue weighted by atomic mass is 16.3. The Kier molecular flexibility index (Phi) is 3.45. The van der Waals surface area contributed by atoms with Crippen LogP contribution in [-0.4, -0.2) is 11.2 Å². The maximum Gasteiger partial charge on any atom is 0.0540 e. The zero-order valence-electron chi connectivity index (χ0n) is 6.92. The van der Waals surface area contributed by atoms with Crippen LogP contribution in [0.5, 0.6) is 0 Å². The van der Waals surface area contributed by atoms with E-state index in [2.05, 4.69) is 5.92 Å². The highest BCUT2D eigenvalue weighted by Crippen LogP contribution is 2.25. The molecule has 0 amide bonds. The monoisotopic (exact) mass is 152 g/mol. The molecule has 0 saturated heterocycles. The molecule has 62 valence electrons. The zero-order chi connectivity index (χ0) is 8.10. The number of terminal acetylenes is 1. The Balaban J connectivity index is 2.29. The van der Waals surface area contributed by atoms with E-state index in [9.17, 15) is 5.11 Å². The van der Waals surface area contributed by atoms with Crippen molar-refractivity contribution in [2.75, 3.05) is 0 Å². The molecule has 0 spiro atoms. The molecule has 1 N–H and O–H groups in total. The Bertz CT molecular complexity index is 145. The molecule has 0 aromatic heterocycles. The topological polar surface area (TPSA) is 20.2 Å². The van der Waals surface area contributed by atoms with Crippen LogP contribution >= 0.6 is 0 Å². The lowest BCUT2D eigenvalue weighted by Crippen LogP contribution is -2.03. The van der Waals surface area contributed by atoms with Crippen LogP contribution in [0.1, 0.15) is 38.5 Å². The summed E-state index contributed by atoms with van der Waals surface area (Å²) in [7, 11) is 0. The van der Waals surface area contributed by atoms with Gasteiger partial charge in [-0.2, -0.15) is 0 Å². The predicted octanol–water partition coefficient (Wildman–Crippen LogP) is 1.95. The first-order valence-corrected chi connectivity index (χ1v) is 4.44. The number of rotatable bonds is 1. The lowest BCUT2D eigenvalue weighted by molar-refractivity contribution is 0.156. The van der Waals surface area contributed by atoms with Gasteiger partial charge in [-0.15, -0.1) is 12.3 Å². The van der Waals surface area contributed by atoms with Crippen molar-refractivity contribution in [3.63, 3.8) is 0 Å². The fourth-order valence-electron chi connectivity index (χ4n) is 1.73. The van der Waals surface area contributed by atoms with Crippen molar-refractivity contribution in [2.45, 2.75) is 44.6 Å². The van der Waals surface area contributed by atoms with Crippen LogP contribution in [0.15, 0.2) is 0 Å². The molecule has 0 heterocycles. The second-order valence-electron chi connectivity index (χ2n) is 3.44. The van der Waals surface area contributed by atoms with E-state index in [1.54, 1.807) is 0 Å².